The van der Waals surface area contributed by atoms with Crippen LogP contribution in [-0.4, -0.2) is 67.2 Å². The molecule has 1 saturated carbocycles. The molecule has 0 aromatic heterocycles. The van der Waals surface area contributed by atoms with Gasteiger partial charge in [-0.25, -0.2) is 0 Å². The summed E-state index contributed by atoms with van der Waals surface area (Å²) >= 11 is 0. The lowest BCUT2D eigenvalue weighted by Crippen LogP contribution is -2.52. The van der Waals surface area contributed by atoms with Crippen molar-refractivity contribution in [3.63, 3.8) is 0 Å². The van der Waals surface area contributed by atoms with Gasteiger partial charge in [0.25, 0.3) is 0 Å². The number of carbonyl (C=O) groups excluding carboxylic acids is 3. The van der Waals surface area contributed by atoms with Crippen molar-refractivity contribution in [3.05, 3.63) is 0 Å². The second-order valence-corrected chi connectivity index (χ2v) is 8.81. The molecule has 1 heterocycles. The van der Waals surface area contributed by atoms with Crippen LogP contribution in [0.5, 0.6) is 0 Å². The van der Waals surface area contributed by atoms with E-state index in [4.69, 9.17) is 11.5 Å². The van der Waals surface area contributed by atoms with Crippen LogP contribution < -0.4 is 22.1 Å². The van der Waals surface area contributed by atoms with Crippen LogP contribution in [0.3, 0.4) is 0 Å². The number of nitrogens with one attached hydrogen (secondary N) is 2. The first-order valence-electron chi connectivity index (χ1n) is 11.8. The van der Waals surface area contributed by atoms with E-state index in [-0.39, 0.29) is 30.4 Å². The third kappa shape index (κ3) is 9.67. The van der Waals surface area contributed by atoms with E-state index in [0.29, 0.717) is 31.8 Å². The van der Waals surface area contributed by atoms with Crippen molar-refractivity contribution in [1.82, 2.24) is 15.5 Å². The van der Waals surface area contributed by atoms with Gasteiger partial charge in [0.05, 0.1) is 18.6 Å². The van der Waals surface area contributed by atoms with Crippen molar-refractivity contribution < 1.29 is 14.4 Å². The van der Waals surface area contributed by atoms with Gasteiger partial charge in [-0.05, 0) is 44.6 Å². The lowest BCUT2D eigenvalue weighted by atomic mass is 9.87. The third-order valence-electron chi connectivity index (χ3n) is 6.26. The molecule has 1 aliphatic carbocycles. The molecule has 1 aliphatic heterocycles. The Labute approximate surface area is 185 Å². The minimum Gasteiger partial charge on any atom is -0.370 e. The fraction of sp³-hybridized carbons (Fsp3) is 0.818. The first kappa shape index (κ1) is 25.1. The predicted octanol–water partition coefficient (Wildman–Crippen LogP) is 0.665. The van der Waals surface area contributed by atoms with Crippen molar-refractivity contribution in [2.24, 2.45) is 22.4 Å². The smallest absolute Gasteiger partial charge is 0.240 e. The molecular formula is C22H40N6O3. The normalized spacial score (nSPS) is 20.5. The molecule has 176 valence electrons. The number of aliphatic imine (C=N–C) groups is 1. The van der Waals surface area contributed by atoms with Crippen LogP contribution in [0.15, 0.2) is 4.99 Å². The SMILES string of the molecule is NC(N)=NCCC[C@@H](C=O)NC(=O)CN(CCC1CCCCC1)C(=O)[C@H]1CCCCN1. The lowest BCUT2D eigenvalue weighted by Gasteiger charge is -2.31. The number of hydrogen-bond donors (Lipinski definition) is 4. The maximum atomic E-state index is 13.1. The van der Waals surface area contributed by atoms with Crippen LogP contribution >= 0.6 is 0 Å². The van der Waals surface area contributed by atoms with Gasteiger partial charge in [0.15, 0.2) is 5.96 Å². The molecule has 0 spiro atoms. The number of guanidine groups is 1. The first-order valence-corrected chi connectivity index (χ1v) is 11.8. The van der Waals surface area contributed by atoms with Gasteiger partial charge >= 0.3 is 0 Å². The van der Waals surface area contributed by atoms with E-state index in [1.807, 2.05) is 0 Å². The predicted molar refractivity (Wildman–Crippen MR) is 121 cm³/mol. The third-order valence-corrected chi connectivity index (χ3v) is 6.26. The number of carbonyl (C=O) groups is 3. The molecule has 6 N–H and O–H groups in total. The molecule has 2 atom stereocenters. The summed E-state index contributed by atoms with van der Waals surface area (Å²) in [5.41, 5.74) is 10.6. The molecule has 0 radical (unpaired) electrons. The summed E-state index contributed by atoms with van der Waals surface area (Å²) in [7, 11) is 0. The molecule has 9 heteroatoms. The maximum Gasteiger partial charge on any atom is 0.240 e. The highest BCUT2D eigenvalue weighted by molar-refractivity contribution is 5.88. The molecule has 2 rings (SSSR count). The van der Waals surface area contributed by atoms with E-state index >= 15 is 0 Å². The molecule has 2 aliphatic rings. The Balaban J connectivity index is 1.89. The van der Waals surface area contributed by atoms with E-state index in [0.717, 1.165) is 38.5 Å². The number of nitrogens with two attached hydrogens (primary N) is 2. The summed E-state index contributed by atoms with van der Waals surface area (Å²) < 4.78 is 0. The minimum atomic E-state index is -0.607. The van der Waals surface area contributed by atoms with Gasteiger partial charge in [-0.3, -0.25) is 14.6 Å². The minimum absolute atomic E-state index is 0.000991. The van der Waals surface area contributed by atoms with Crippen LogP contribution in [-0.2, 0) is 14.4 Å². The first-order chi connectivity index (χ1) is 15.0. The lowest BCUT2D eigenvalue weighted by molar-refractivity contribution is -0.138. The summed E-state index contributed by atoms with van der Waals surface area (Å²) in [6, 6.07) is -0.820. The van der Waals surface area contributed by atoms with Gasteiger partial charge in [0.1, 0.15) is 6.29 Å². The summed E-state index contributed by atoms with van der Waals surface area (Å²) in [5, 5.41) is 6.04. The van der Waals surface area contributed by atoms with E-state index < -0.39 is 6.04 Å². The monoisotopic (exact) mass is 436 g/mol. The van der Waals surface area contributed by atoms with Gasteiger partial charge < -0.3 is 31.8 Å². The molecule has 0 unspecified atom stereocenters. The zero-order valence-corrected chi connectivity index (χ0v) is 18.7. The largest absolute Gasteiger partial charge is 0.370 e. The van der Waals surface area contributed by atoms with E-state index in [9.17, 15) is 14.4 Å². The highest BCUT2D eigenvalue weighted by Gasteiger charge is 2.28. The second kappa shape index (κ2) is 14.0. The average Bonchev–Trinajstić information content (AvgIpc) is 2.79. The highest BCUT2D eigenvalue weighted by atomic mass is 16.2. The molecule has 0 aromatic rings. The van der Waals surface area contributed by atoms with Crippen LogP contribution in [0.1, 0.15) is 70.6 Å². The fourth-order valence-corrected chi connectivity index (χ4v) is 4.48. The molecule has 2 amide bonds. The van der Waals surface area contributed by atoms with Crippen LogP contribution in [0.4, 0.5) is 0 Å². The summed E-state index contributed by atoms with van der Waals surface area (Å²) in [6.45, 7) is 1.82. The molecule has 2 fully saturated rings. The summed E-state index contributed by atoms with van der Waals surface area (Å²) in [5.74, 6) is 0.340. The van der Waals surface area contributed by atoms with Crippen molar-refractivity contribution in [3.8, 4) is 0 Å². The Hall–Kier alpha value is -2.16. The van der Waals surface area contributed by atoms with Crippen LogP contribution in [0.2, 0.25) is 0 Å². The topological polar surface area (TPSA) is 143 Å². The highest BCUT2D eigenvalue weighted by Crippen LogP contribution is 2.26. The summed E-state index contributed by atoms with van der Waals surface area (Å²) in [6.07, 6.45) is 11.8. The fourth-order valence-electron chi connectivity index (χ4n) is 4.48. The zero-order chi connectivity index (χ0) is 22.5. The molecule has 9 nitrogen and oxygen atoms in total. The number of rotatable bonds is 12. The Morgan fingerprint density at radius 2 is 1.87 bits per heavy atom. The number of hydrogen-bond acceptors (Lipinski definition) is 5. The van der Waals surface area contributed by atoms with Gasteiger partial charge in [-0.2, -0.15) is 0 Å². The molecule has 0 aromatic carbocycles. The van der Waals surface area contributed by atoms with Gasteiger partial charge in [-0.15, -0.1) is 0 Å². The molecule has 1 saturated heterocycles. The number of piperidine rings is 1. The Bertz CT molecular complexity index is 596. The van der Waals surface area contributed by atoms with Crippen molar-refractivity contribution >= 4 is 24.1 Å². The van der Waals surface area contributed by atoms with Crippen molar-refractivity contribution in [1.29, 1.82) is 0 Å². The quantitative estimate of drug-likeness (QED) is 0.153. The Morgan fingerprint density at radius 3 is 2.52 bits per heavy atom. The molecule has 0 bridgehead atoms. The molecular weight excluding hydrogens is 396 g/mol. The molecule has 31 heavy (non-hydrogen) atoms. The standard InChI is InChI=1S/C22H40N6O3/c23-22(24)26-13-6-9-18(16-29)27-20(30)15-28(14-11-17-7-2-1-3-8-17)21(31)19-10-4-5-12-25-19/h16-19,25H,1-15H2,(H,27,30)(H4,23,24,26)/t18-,19+/m0/s1. The Kier molecular flexibility index (Phi) is 11.3. The Morgan fingerprint density at radius 1 is 1.13 bits per heavy atom. The van der Waals surface area contributed by atoms with Gasteiger partial charge in [-0.1, -0.05) is 38.5 Å². The summed E-state index contributed by atoms with van der Waals surface area (Å²) in [4.78, 5) is 42.7. The van der Waals surface area contributed by atoms with E-state index in [1.54, 1.807) is 4.90 Å². The maximum absolute atomic E-state index is 13.1. The van der Waals surface area contributed by atoms with E-state index in [2.05, 4.69) is 15.6 Å². The average molecular weight is 437 g/mol. The second-order valence-electron chi connectivity index (χ2n) is 8.81. The van der Waals surface area contributed by atoms with Gasteiger partial charge in [0, 0.05) is 13.1 Å². The van der Waals surface area contributed by atoms with Crippen molar-refractivity contribution in [2.45, 2.75) is 82.7 Å². The van der Waals surface area contributed by atoms with Crippen LogP contribution in [0.25, 0.3) is 0 Å². The zero-order valence-electron chi connectivity index (χ0n) is 18.7. The number of amides is 2. The van der Waals surface area contributed by atoms with E-state index in [1.165, 1.54) is 32.1 Å². The van der Waals surface area contributed by atoms with Gasteiger partial charge in [0.2, 0.25) is 11.8 Å². The van der Waals surface area contributed by atoms with Crippen molar-refractivity contribution in [2.75, 3.05) is 26.2 Å². The number of aldehydes is 1. The van der Waals surface area contributed by atoms with Crippen LogP contribution in [0, 0.1) is 5.92 Å². The number of nitrogens with zero attached hydrogens (tertiary/aromatic N) is 2.